The molecule has 1 fully saturated rings. The number of piperidine rings is 1. The lowest BCUT2D eigenvalue weighted by molar-refractivity contribution is -0.128. The van der Waals surface area contributed by atoms with Gasteiger partial charge in [0.1, 0.15) is 0 Å². The van der Waals surface area contributed by atoms with Gasteiger partial charge in [0, 0.05) is 24.7 Å². The van der Waals surface area contributed by atoms with Gasteiger partial charge in [-0.2, -0.15) is 0 Å². The molecule has 3 rings (SSSR count). The van der Waals surface area contributed by atoms with Gasteiger partial charge in [0.25, 0.3) is 11.7 Å². The third-order valence-corrected chi connectivity index (χ3v) is 4.30. The fourth-order valence-corrected chi connectivity index (χ4v) is 3.17. The molecule has 1 aromatic carbocycles. The molecule has 0 bridgehead atoms. The van der Waals surface area contributed by atoms with E-state index in [2.05, 4.69) is 6.58 Å². The second kappa shape index (κ2) is 5.40. The van der Waals surface area contributed by atoms with Crippen LogP contribution in [0.4, 0.5) is 5.69 Å². The first-order valence-electron chi connectivity index (χ1n) is 7.42. The summed E-state index contributed by atoms with van der Waals surface area (Å²) in [7, 11) is 0. The predicted octanol–water partition coefficient (Wildman–Crippen LogP) is 1.78. The van der Waals surface area contributed by atoms with Gasteiger partial charge >= 0.3 is 0 Å². The number of fused-ring (bicyclic) bond motifs is 1. The van der Waals surface area contributed by atoms with E-state index in [9.17, 15) is 14.4 Å². The molecule has 0 unspecified atom stereocenters. The Balaban J connectivity index is 1.77. The number of carbonyl (C=O) groups is 3. The molecular weight excluding hydrogens is 280 g/mol. The molecule has 0 saturated carbocycles. The van der Waals surface area contributed by atoms with Crippen molar-refractivity contribution in [2.24, 2.45) is 0 Å². The number of amides is 2. The number of carbonyl (C=O) groups excluding carboxylic acids is 3. The van der Waals surface area contributed by atoms with Gasteiger partial charge in [-0.3, -0.25) is 14.4 Å². The van der Waals surface area contributed by atoms with E-state index in [4.69, 9.17) is 0 Å². The maximum atomic E-state index is 12.3. The highest BCUT2D eigenvalue weighted by molar-refractivity contribution is 6.52. The molecule has 22 heavy (non-hydrogen) atoms. The summed E-state index contributed by atoms with van der Waals surface area (Å²) in [4.78, 5) is 39.6. The van der Waals surface area contributed by atoms with Gasteiger partial charge in [-0.05, 0) is 31.9 Å². The van der Waals surface area contributed by atoms with Crippen molar-refractivity contribution in [3.63, 3.8) is 0 Å². The molecule has 1 aromatic rings. The normalized spacial score (nSPS) is 18.6. The summed E-state index contributed by atoms with van der Waals surface area (Å²) in [6.07, 6.45) is 1.35. The van der Waals surface area contributed by atoms with Crippen molar-refractivity contribution >= 4 is 23.3 Å². The van der Waals surface area contributed by atoms with Crippen LogP contribution in [0, 0.1) is 0 Å². The molecule has 0 atom stereocenters. The second-order valence-corrected chi connectivity index (χ2v) is 5.83. The molecule has 0 aliphatic carbocycles. The maximum absolute atomic E-state index is 12.3. The van der Waals surface area contributed by atoms with Gasteiger partial charge in [-0.1, -0.05) is 18.7 Å². The quantitative estimate of drug-likeness (QED) is 0.618. The fourth-order valence-electron chi connectivity index (χ4n) is 3.17. The number of rotatable bonds is 2. The largest absolute Gasteiger partial charge is 0.339 e. The van der Waals surface area contributed by atoms with E-state index in [-0.39, 0.29) is 11.9 Å². The monoisotopic (exact) mass is 298 g/mol. The van der Waals surface area contributed by atoms with E-state index >= 15 is 0 Å². The zero-order chi connectivity index (χ0) is 15.9. The van der Waals surface area contributed by atoms with Crippen molar-refractivity contribution in [1.82, 2.24) is 4.90 Å². The van der Waals surface area contributed by atoms with Crippen molar-refractivity contribution in [3.05, 3.63) is 42.0 Å². The highest BCUT2D eigenvalue weighted by Crippen LogP contribution is 2.33. The van der Waals surface area contributed by atoms with Crippen molar-refractivity contribution < 1.29 is 14.4 Å². The number of Topliss-reactive ketones (excluding diaryl/α,β-unsaturated/α-hetero) is 1. The Morgan fingerprint density at radius 1 is 1.18 bits per heavy atom. The SMILES string of the molecule is C=C(C)C(=O)N1CCC(N2C(=O)C(=O)c3ccccc32)CC1. The lowest BCUT2D eigenvalue weighted by atomic mass is 10.0. The van der Waals surface area contributed by atoms with Gasteiger partial charge in [0.05, 0.1) is 11.3 Å². The fraction of sp³-hybridized carbons (Fsp3) is 0.353. The van der Waals surface area contributed by atoms with Crippen LogP contribution in [0.15, 0.2) is 36.4 Å². The van der Waals surface area contributed by atoms with Crippen molar-refractivity contribution in [3.8, 4) is 0 Å². The number of likely N-dealkylation sites (tertiary alicyclic amines) is 1. The summed E-state index contributed by atoms with van der Waals surface area (Å²) < 4.78 is 0. The molecule has 2 heterocycles. The second-order valence-electron chi connectivity index (χ2n) is 5.83. The van der Waals surface area contributed by atoms with Crippen LogP contribution in [0.25, 0.3) is 0 Å². The highest BCUT2D eigenvalue weighted by Gasteiger charge is 2.40. The summed E-state index contributed by atoms with van der Waals surface area (Å²) >= 11 is 0. The first-order valence-corrected chi connectivity index (χ1v) is 7.42. The Morgan fingerprint density at radius 2 is 1.82 bits per heavy atom. The summed E-state index contributed by atoms with van der Waals surface area (Å²) in [5.41, 5.74) is 1.70. The molecular formula is C17H18N2O3. The molecule has 114 valence electrons. The zero-order valence-corrected chi connectivity index (χ0v) is 12.5. The molecule has 2 aliphatic rings. The topological polar surface area (TPSA) is 57.7 Å². The van der Waals surface area contributed by atoms with E-state index in [1.807, 2.05) is 12.1 Å². The average Bonchev–Trinajstić information content (AvgIpc) is 2.79. The lowest BCUT2D eigenvalue weighted by Crippen LogP contribution is -2.48. The van der Waals surface area contributed by atoms with Crippen LogP contribution < -0.4 is 4.90 Å². The molecule has 0 aromatic heterocycles. The van der Waals surface area contributed by atoms with E-state index in [1.165, 1.54) is 0 Å². The highest BCUT2D eigenvalue weighted by atomic mass is 16.2. The standard InChI is InChI=1S/C17H18N2O3/c1-11(2)16(21)18-9-7-12(8-10-18)19-14-6-4-3-5-13(14)15(20)17(19)22/h3-6,12H,1,7-10H2,2H3. The van der Waals surface area contributed by atoms with Crippen molar-refractivity contribution in [2.45, 2.75) is 25.8 Å². The number of nitrogens with zero attached hydrogens (tertiary/aromatic N) is 2. The molecule has 5 heteroatoms. The number of para-hydroxylation sites is 1. The molecule has 1 saturated heterocycles. The minimum atomic E-state index is -0.453. The average molecular weight is 298 g/mol. The van der Waals surface area contributed by atoms with E-state index < -0.39 is 11.7 Å². The van der Waals surface area contributed by atoms with Gasteiger partial charge in [0.15, 0.2) is 0 Å². The number of ketones is 1. The predicted molar refractivity (Wildman–Crippen MR) is 82.7 cm³/mol. The molecule has 5 nitrogen and oxygen atoms in total. The Hall–Kier alpha value is -2.43. The molecule has 0 radical (unpaired) electrons. The van der Waals surface area contributed by atoms with E-state index in [1.54, 1.807) is 28.9 Å². The minimum Gasteiger partial charge on any atom is -0.339 e. The smallest absolute Gasteiger partial charge is 0.299 e. The minimum absolute atomic E-state index is 0.0331. The zero-order valence-electron chi connectivity index (χ0n) is 12.5. The number of hydrogen-bond acceptors (Lipinski definition) is 3. The summed E-state index contributed by atoms with van der Waals surface area (Å²) in [5.74, 6) is -0.926. The number of benzene rings is 1. The van der Waals surface area contributed by atoms with Crippen LogP contribution in [0.2, 0.25) is 0 Å². The summed E-state index contributed by atoms with van der Waals surface area (Å²) in [6, 6.07) is 7.06. The number of hydrogen-bond donors (Lipinski definition) is 0. The maximum Gasteiger partial charge on any atom is 0.299 e. The Kier molecular flexibility index (Phi) is 3.56. The van der Waals surface area contributed by atoms with Crippen molar-refractivity contribution in [1.29, 1.82) is 0 Å². The lowest BCUT2D eigenvalue weighted by Gasteiger charge is -2.36. The summed E-state index contributed by atoms with van der Waals surface area (Å²) in [6.45, 7) is 6.54. The van der Waals surface area contributed by atoms with Crippen LogP contribution in [-0.2, 0) is 9.59 Å². The molecule has 0 N–H and O–H groups in total. The van der Waals surface area contributed by atoms with E-state index in [0.29, 0.717) is 42.8 Å². The number of anilines is 1. The van der Waals surface area contributed by atoms with E-state index in [0.717, 1.165) is 0 Å². The van der Waals surface area contributed by atoms with Crippen LogP contribution in [0.3, 0.4) is 0 Å². The van der Waals surface area contributed by atoms with Crippen LogP contribution in [0.1, 0.15) is 30.1 Å². The third-order valence-electron chi connectivity index (χ3n) is 4.30. The Labute approximate surface area is 129 Å². The first kappa shape index (κ1) is 14.5. The Bertz CT molecular complexity index is 672. The molecule has 2 aliphatic heterocycles. The Morgan fingerprint density at radius 3 is 2.45 bits per heavy atom. The van der Waals surface area contributed by atoms with Crippen LogP contribution in [-0.4, -0.2) is 41.6 Å². The third kappa shape index (κ3) is 2.22. The first-order chi connectivity index (χ1) is 10.5. The van der Waals surface area contributed by atoms with Crippen LogP contribution >= 0.6 is 0 Å². The van der Waals surface area contributed by atoms with Gasteiger partial charge < -0.3 is 9.80 Å². The summed E-state index contributed by atoms with van der Waals surface area (Å²) in [5, 5.41) is 0. The molecule has 2 amide bonds. The van der Waals surface area contributed by atoms with Crippen molar-refractivity contribution in [2.75, 3.05) is 18.0 Å². The van der Waals surface area contributed by atoms with Gasteiger partial charge in [-0.15, -0.1) is 0 Å². The van der Waals surface area contributed by atoms with Crippen LogP contribution in [0.5, 0.6) is 0 Å². The van der Waals surface area contributed by atoms with Gasteiger partial charge in [0.2, 0.25) is 5.91 Å². The molecule has 0 spiro atoms. The van der Waals surface area contributed by atoms with Gasteiger partial charge in [-0.25, -0.2) is 0 Å².